The summed E-state index contributed by atoms with van der Waals surface area (Å²) in [6, 6.07) is 24.6. The molecule has 1 N–H and O–H groups in total. The molecule has 7 nitrogen and oxygen atoms in total. The fourth-order valence-corrected chi connectivity index (χ4v) is 4.75. The van der Waals surface area contributed by atoms with Gasteiger partial charge in [0.05, 0.1) is 12.8 Å². The van der Waals surface area contributed by atoms with Gasteiger partial charge in [-0.05, 0) is 47.5 Å². The van der Waals surface area contributed by atoms with Crippen LogP contribution in [0.25, 0.3) is 5.70 Å². The third-order valence-corrected chi connectivity index (χ3v) is 6.47. The van der Waals surface area contributed by atoms with E-state index in [1.165, 1.54) is 0 Å². The fraction of sp³-hybridized carbons (Fsp3) is 0.185. The Labute approximate surface area is 198 Å². The molecule has 0 amide bonds. The lowest BCUT2D eigenvalue weighted by Gasteiger charge is -2.39. The van der Waals surface area contributed by atoms with Crippen molar-refractivity contribution in [1.29, 1.82) is 0 Å². The van der Waals surface area contributed by atoms with Gasteiger partial charge in [-0.25, -0.2) is 4.68 Å². The zero-order valence-corrected chi connectivity index (χ0v) is 19.3. The largest absolute Gasteiger partial charge is 0.497 e. The van der Waals surface area contributed by atoms with Gasteiger partial charge in [-0.2, -0.15) is 10.1 Å². The molecule has 0 fully saturated rings. The summed E-state index contributed by atoms with van der Waals surface area (Å²) in [6.07, 6.45) is 1.29. The van der Waals surface area contributed by atoms with Crippen molar-refractivity contribution in [3.8, 4) is 11.5 Å². The van der Waals surface area contributed by atoms with Crippen molar-refractivity contribution in [3.63, 3.8) is 0 Å². The number of benzene rings is 3. The smallest absolute Gasteiger partial charge is 0.226 e. The highest BCUT2D eigenvalue weighted by Crippen LogP contribution is 2.50. The number of hydrogen-bond acceptors (Lipinski definition) is 6. The van der Waals surface area contributed by atoms with Crippen molar-refractivity contribution in [3.05, 3.63) is 101 Å². The molecule has 3 heterocycles. The molecule has 0 aliphatic carbocycles. The molecular weight excluding hydrogens is 426 g/mol. The lowest BCUT2D eigenvalue weighted by Crippen LogP contribution is -2.32. The van der Waals surface area contributed by atoms with Crippen LogP contribution in [0.1, 0.15) is 28.8 Å². The highest BCUT2D eigenvalue weighted by Gasteiger charge is 2.40. The molecule has 0 bridgehead atoms. The number of hydrogen-bond donors (Lipinski definition) is 1. The molecule has 0 unspecified atom stereocenters. The summed E-state index contributed by atoms with van der Waals surface area (Å²) in [4.78, 5) is 6.60. The van der Waals surface area contributed by atoms with E-state index in [2.05, 4.69) is 62.8 Å². The fourth-order valence-electron chi connectivity index (χ4n) is 4.75. The lowest BCUT2D eigenvalue weighted by atomic mass is 9.84. The van der Waals surface area contributed by atoms with E-state index in [1.807, 2.05) is 49.1 Å². The Balaban J connectivity index is 1.57. The van der Waals surface area contributed by atoms with Gasteiger partial charge < -0.3 is 19.7 Å². The van der Waals surface area contributed by atoms with Gasteiger partial charge in [-0.3, -0.25) is 0 Å². The Morgan fingerprint density at radius 2 is 1.68 bits per heavy atom. The normalized spacial score (nSPS) is 18.2. The summed E-state index contributed by atoms with van der Waals surface area (Å²) in [5, 5.41) is 8.14. The Hall–Kier alpha value is -4.26. The number of nitrogens with zero attached hydrogens (tertiary/aromatic N) is 4. The summed E-state index contributed by atoms with van der Waals surface area (Å²) in [7, 11) is 5.76. The Bertz CT molecular complexity index is 1370. The van der Waals surface area contributed by atoms with Crippen molar-refractivity contribution in [2.45, 2.75) is 12.1 Å². The minimum Gasteiger partial charge on any atom is -0.497 e. The maximum absolute atomic E-state index is 6.66. The van der Waals surface area contributed by atoms with Crippen LogP contribution in [0.4, 0.5) is 11.6 Å². The SMILES string of the molecule is COc1ccc([C@H]2Oc3ccccc3C3=C2[C@@H](c2ccc(N(C)C)cc2)n2ncnc2N3)cc1. The van der Waals surface area contributed by atoms with E-state index in [-0.39, 0.29) is 12.1 Å². The number of anilines is 2. The third-order valence-electron chi connectivity index (χ3n) is 6.47. The molecule has 0 spiro atoms. The monoisotopic (exact) mass is 451 g/mol. The molecule has 3 aromatic carbocycles. The second kappa shape index (κ2) is 7.95. The van der Waals surface area contributed by atoms with E-state index >= 15 is 0 Å². The molecule has 2 aliphatic heterocycles. The zero-order chi connectivity index (χ0) is 23.2. The van der Waals surface area contributed by atoms with E-state index in [0.717, 1.165) is 45.1 Å². The van der Waals surface area contributed by atoms with Crippen LogP contribution < -0.4 is 19.7 Å². The first-order chi connectivity index (χ1) is 16.6. The molecule has 4 aromatic rings. The summed E-state index contributed by atoms with van der Waals surface area (Å²) < 4.78 is 14.0. The number of methoxy groups -OCH3 is 1. The van der Waals surface area contributed by atoms with Crippen LogP contribution in [0.15, 0.2) is 84.7 Å². The van der Waals surface area contributed by atoms with Crippen molar-refractivity contribution in [2.24, 2.45) is 0 Å². The molecule has 2 atom stereocenters. The minimum atomic E-state index is -0.306. The Morgan fingerprint density at radius 1 is 0.941 bits per heavy atom. The van der Waals surface area contributed by atoms with Gasteiger partial charge in [-0.1, -0.05) is 36.4 Å². The van der Waals surface area contributed by atoms with Gasteiger partial charge >= 0.3 is 0 Å². The van der Waals surface area contributed by atoms with Crippen LogP contribution in [-0.4, -0.2) is 36.0 Å². The summed E-state index contributed by atoms with van der Waals surface area (Å²) in [5.74, 6) is 2.36. The van der Waals surface area contributed by atoms with E-state index in [4.69, 9.17) is 9.47 Å². The van der Waals surface area contributed by atoms with E-state index in [9.17, 15) is 0 Å². The van der Waals surface area contributed by atoms with E-state index < -0.39 is 0 Å². The van der Waals surface area contributed by atoms with Crippen LogP contribution in [0.5, 0.6) is 11.5 Å². The van der Waals surface area contributed by atoms with Crippen LogP contribution in [0.2, 0.25) is 0 Å². The van der Waals surface area contributed by atoms with E-state index in [0.29, 0.717) is 5.95 Å². The van der Waals surface area contributed by atoms with Gasteiger partial charge in [0.25, 0.3) is 0 Å². The lowest BCUT2D eigenvalue weighted by molar-refractivity contribution is 0.223. The number of ether oxygens (including phenoxy) is 2. The molecule has 2 aliphatic rings. The topological polar surface area (TPSA) is 64.4 Å². The highest BCUT2D eigenvalue weighted by molar-refractivity contribution is 5.85. The van der Waals surface area contributed by atoms with Gasteiger partial charge in [0.15, 0.2) is 0 Å². The van der Waals surface area contributed by atoms with Crippen molar-refractivity contribution in [1.82, 2.24) is 14.8 Å². The van der Waals surface area contributed by atoms with Gasteiger partial charge in [0, 0.05) is 30.9 Å². The van der Waals surface area contributed by atoms with E-state index in [1.54, 1.807) is 13.4 Å². The van der Waals surface area contributed by atoms with Crippen LogP contribution in [0, 0.1) is 0 Å². The molecule has 6 rings (SSSR count). The number of aromatic nitrogens is 3. The van der Waals surface area contributed by atoms with Crippen LogP contribution >= 0.6 is 0 Å². The second-order valence-corrected chi connectivity index (χ2v) is 8.64. The predicted molar refractivity (Wildman–Crippen MR) is 132 cm³/mol. The third kappa shape index (κ3) is 3.20. The Kier molecular flexibility index (Phi) is 4.76. The Morgan fingerprint density at radius 3 is 2.41 bits per heavy atom. The molecule has 0 saturated heterocycles. The quantitative estimate of drug-likeness (QED) is 0.476. The number of rotatable bonds is 4. The first-order valence-electron chi connectivity index (χ1n) is 11.2. The second-order valence-electron chi connectivity index (χ2n) is 8.64. The van der Waals surface area contributed by atoms with Crippen molar-refractivity contribution in [2.75, 3.05) is 31.4 Å². The molecule has 7 heteroatoms. The standard InChI is InChI=1S/C27H25N5O2/c1-31(2)19-12-8-17(9-13-19)25-23-24(30-27-28-16-29-32(25)27)21-6-4-5-7-22(21)34-26(23)18-10-14-20(33-3)15-11-18/h4-16,25-26H,1-3H3,(H,28,29,30)/t25-,26-/m1/s1. The first-order valence-corrected chi connectivity index (χ1v) is 11.2. The zero-order valence-electron chi connectivity index (χ0n) is 19.3. The van der Waals surface area contributed by atoms with Gasteiger partial charge in [0.2, 0.25) is 5.95 Å². The summed E-state index contributed by atoms with van der Waals surface area (Å²) >= 11 is 0. The van der Waals surface area contributed by atoms with Crippen LogP contribution in [-0.2, 0) is 0 Å². The number of fused-ring (bicyclic) bond motifs is 3. The highest BCUT2D eigenvalue weighted by atomic mass is 16.5. The first kappa shape index (κ1) is 20.4. The van der Waals surface area contributed by atoms with Gasteiger partial charge in [0.1, 0.15) is 30.0 Å². The molecule has 170 valence electrons. The van der Waals surface area contributed by atoms with Crippen molar-refractivity contribution >= 4 is 17.3 Å². The van der Waals surface area contributed by atoms with Crippen LogP contribution in [0.3, 0.4) is 0 Å². The average molecular weight is 452 g/mol. The number of para-hydroxylation sites is 1. The molecule has 0 radical (unpaired) electrons. The number of nitrogens with one attached hydrogen (secondary N) is 1. The molecular formula is C27H25N5O2. The molecule has 0 saturated carbocycles. The minimum absolute atomic E-state index is 0.176. The predicted octanol–water partition coefficient (Wildman–Crippen LogP) is 4.91. The summed E-state index contributed by atoms with van der Waals surface area (Å²) in [5.41, 5.74) is 6.44. The maximum atomic E-state index is 6.66. The molecule has 1 aromatic heterocycles. The maximum Gasteiger partial charge on any atom is 0.226 e. The van der Waals surface area contributed by atoms with Gasteiger partial charge in [-0.15, -0.1) is 0 Å². The average Bonchev–Trinajstić information content (AvgIpc) is 3.35. The van der Waals surface area contributed by atoms with Crippen molar-refractivity contribution < 1.29 is 9.47 Å². The summed E-state index contributed by atoms with van der Waals surface area (Å²) in [6.45, 7) is 0. The molecule has 34 heavy (non-hydrogen) atoms.